The standard InChI is InChI=1S/C14H18FN3O2S/c15-12-7-10(8-16)5-6-14(12)21(19,20)18-13-4-2-1-3-11(13)9-17/h5-7,11,13,18H,1-4,9,17H2/t11-,13-/m0/s1. The van der Waals surface area contributed by atoms with Gasteiger partial charge in [0.2, 0.25) is 10.0 Å². The number of nitrogens with two attached hydrogens (primary N) is 1. The van der Waals surface area contributed by atoms with Crippen molar-refractivity contribution in [3.05, 3.63) is 29.6 Å². The predicted octanol–water partition coefficient (Wildman–Crippen LogP) is 1.49. The molecule has 0 radical (unpaired) electrons. The lowest BCUT2D eigenvalue weighted by Crippen LogP contribution is -2.44. The molecule has 0 unspecified atom stereocenters. The van der Waals surface area contributed by atoms with Crippen LogP contribution in [0, 0.1) is 23.1 Å². The van der Waals surface area contributed by atoms with Gasteiger partial charge < -0.3 is 5.73 Å². The molecule has 3 N–H and O–H groups in total. The summed E-state index contributed by atoms with van der Waals surface area (Å²) in [6.45, 7) is 0.406. The zero-order valence-electron chi connectivity index (χ0n) is 11.5. The van der Waals surface area contributed by atoms with Gasteiger partial charge in [0.15, 0.2) is 0 Å². The van der Waals surface area contributed by atoms with Gasteiger partial charge in [0.05, 0.1) is 11.6 Å². The highest BCUT2D eigenvalue weighted by Gasteiger charge is 2.29. The number of hydrogen-bond acceptors (Lipinski definition) is 4. The maximum Gasteiger partial charge on any atom is 0.243 e. The molecule has 21 heavy (non-hydrogen) atoms. The quantitative estimate of drug-likeness (QED) is 0.880. The summed E-state index contributed by atoms with van der Waals surface area (Å²) < 4.78 is 41.0. The second-order valence-corrected chi connectivity index (χ2v) is 6.95. The van der Waals surface area contributed by atoms with Gasteiger partial charge in [-0.1, -0.05) is 12.8 Å². The zero-order chi connectivity index (χ0) is 15.5. The largest absolute Gasteiger partial charge is 0.330 e. The second kappa shape index (κ2) is 6.52. The number of benzene rings is 1. The van der Waals surface area contributed by atoms with Crippen molar-refractivity contribution < 1.29 is 12.8 Å². The van der Waals surface area contributed by atoms with Gasteiger partial charge in [0.1, 0.15) is 10.7 Å². The molecule has 1 aliphatic carbocycles. The number of halogens is 1. The van der Waals surface area contributed by atoms with Gasteiger partial charge in [0.25, 0.3) is 0 Å². The Kier molecular flexibility index (Phi) is 4.93. The average molecular weight is 311 g/mol. The van der Waals surface area contributed by atoms with E-state index >= 15 is 0 Å². The van der Waals surface area contributed by atoms with E-state index < -0.39 is 20.7 Å². The summed E-state index contributed by atoms with van der Waals surface area (Å²) in [5.41, 5.74) is 5.76. The summed E-state index contributed by atoms with van der Waals surface area (Å²) in [6.07, 6.45) is 3.55. The third kappa shape index (κ3) is 3.59. The monoisotopic (exact) mass is 311 g/mol. The van der Waals surface area contributed by atoms with E-state index in [1.165, 1.54) is 6.07 Å². The minimum atomic E-state index is -3.95. The Morgan fingerprint density at radius 3 is 2.71 bits per heavy atom. The van der Waals surface area contributed by atoms with Crippen LogP contribution >= 0.6 is 0 Å². The molecule has 0 spiro atoms. The molecule has 0 aliphatic heterocycles. The molecule has 1 fully saturated rings. The van der Waals surface area contributed by atoms with Gasteiger partial charge in [0, 0.05) is 6.04 Å². The molecular weight excluding hydrogens is 293 g/mol. The van der Waals surface area contributed by atoms with E-state index in [4.69, 9.17) is 11.0 Å². The molecule has 0 aromatic heterocycles. The SMILES string of the molecule is N#Cc1ccc(S(=O)(=O)N[C@H]2CCCC[C@H]2CN)c(F)c1. The molecule has 2 rings (SSSR count). The molecular formula is C14H18FN3O2S. The summed E-state index contributed by atoms with van der Waals surface area (Å²) >= 11 is 0. The minimum absolute atomic E-state index is 0.0787. The first-order valence-electron chi connectivity index (χ1n) is 6.90. The molecule has 1 aromatic carbocycles. The summed E-state index contributed by atoms with van der Waals surface area (Å²) in [7, 11) is -3.95. The lowest BCUT2D eigenvalue weighted by Gasteiger charge is -2.31. The second-order valence-electron chi connectivity index (χ2n) is 5.27. The van der Waals surface area contributed by atoms with Crippen LogP contribution in [0.5, 0.6) is 0 Å². The van der Waals surface area contributed by atoms with E-state index in [9.17, 15) is 12.8 Å². The first-order chi connectivity index (χ1) is 9.97. The smallest absolute Gasteiger partial charge is 0.243 e. The fourth-order valence-electron chi connectivity index (χ4n) is 2.70. The molecule has 0 heterocycles. The van der Waals surface area contributed by atoms with Crippen LogP contribution in [0.4, 0.5) is 4.39 Å². The van der Waals surface area contributed by atoms with E-state index in [-0.39, 0.29) is 17.5 Å². The summed E-state index contributed by atoms with van der Waals surface area (Å²) in [5, 5.41) is 8.69. The Hall–Kier alpha value is -1.49. The Morgan fingerprint density at radius 2 is 2.10 bits per heavy atom. The topological polar surface area (TPSA) is 96.0 Å². The van der Waals surface area contributed by atoms with Crippen molar-refractivity contribution in [2.24, 2.45) is 11.7 Å². The lowest BCUT2D eigenvalue weighted by molar-refractivity contribution is 0.296. The van der Waals surface area contributed by atoms with Gasteiger partial charge in [-0.05, 0) is 43.5 Å². The van der Waals surface area contributed by atoms with E-state index in [0.717, 1.165) is 31.4 Å². The number of rotatable bonds is 4. The number of hydrogen-bond donors (Lipinski definition) is 2. The van der Waals surface area contributed by atoms with Gasteiger partial charge in [-0.15, -0.1) is 0 Å². The van der Waals surface area contributed by atoms with Crippen molar-refractivity contribution in [2.75, 3.05) is 6.54 Å². The summed E-state index contributed by atoms with van der Waals surface area (Å²) in [4.78, 5) is -0.428. The highest BCUT2D eigenvalue weighted by Crippen LogP contribution is 2.25. The third-order valence-corrected chi connectivity index (χ3v) is 5.39. The van der Waals surface area contributed by atoms with Crippen LogP contribution in [0.1, 0.15) is 31.2 Å². The van der Waals surface area contributed by atoms with E-state index in [2.05, 4.69) is 4.72 Å². The lowest BCUT2D eigenvalue weighted by atomic mass is 9.85. The van der Waals surface area contributed by atoms with Crippen molar-refractivity contribution in [1.82, 2.24) is 4.72 Å². The summed E-state index contributed by atoms with van der Waals surface area (Å²) in [5.74, 6) is -0.836. The van der Waals surface area contributed by atoms with E-state index in [1.54, 1.807) is 6.07 Å². The third-order valence-electron chi connectivity index (χ3n) is 3.87. The molecule has 5 nitrogen and oxygen atoms in total. The predicted molar refractivity (Wildman–Crippen MR) is 76.2 cm³/mol. The van der Waals surface area contributed by atoms with Crippen LogP contribution in [-0.2, 0) is 10.0 Å². The van der Waals surface area contributed by atoms with Crippen molar-refractivity contribution in [3.63, 3.8) is 0 Å². The van der Waals surface area contributed by atoms with Crippen LogP contribution in [-0.4, -0.2) is 21.0 Å². The van der Waals surface area contributed by atoms with Gasteiger partial charge >= 0.3 is 0 Å². The minimum Gasteiger partial charge on any atom is -0.330 e. The molecule has 114 valence electrons. The first kappa shape index (κ1) is 15.9. The zero-order valence-corrected chi connectivity index (χ0v) is 12.4. The highest BCUT2D eigenvalue weighted by atomic mass is 32.2. The Balaban J connectivity index is 2.24. The molecule has 1 aliphatic rings. The van der Waals surface area contributed by atoms with E-state index in [1.807, 2.05) is 0 Å². The Morgan fingerprint density at radius 1 is 1.38 bits per heavy atom. The highest BCUT2D eigenvalue weighted by molar-refractivity contribution is 7.89. The normalized spacial score (nSPS) is 22.7. The van der Waals surface area contributed by atoms with Crippen molar-refractivity contribution in [1.29, 1.82) is 5.26 Å². The van der Waals surface area contributed by atoms with Crippen LogP contribution in [0.25, 0.3) is 0 Å². The summed E-state index contributed by atoms with van der Waals surface area (Å²) in [6, 6.07) is 4.85. The Bertz CT molecular complexity index is 655. The van der Waals surface area contributed by atoms with Gasteiger partial charge in [-0.2, -0.15) is 5.26 Å². The molecule has 2 atom stereocenters. The van der Waals surface area contributed by atoms with Crippen molar-refractivity contribution in [3.8, 4) is 6.07 Å². The van der Waals surface area contributed by atoms with Crippen LogP contribution in [0.3, 0.4) is 0 Å². The molecule has 0 saturated heterocycles. The van der Waals surface area contributed by atoms with Crippen LogP contribution in [0.15, 0.2) is 23.1 Å². The van der Waals surface area contributed by atoms with Crippen LogP contribution < -0.4 is 10.5 Å². The maximum atomic E-state index is 13.9. The first-order valence-corrected chi connectivity index (χ1v) is 8.38. The number of nitrogens with one attached hydrogen (secondary N) is 1. The van der Waals surface area contributed by atoms with E-state index in [0.29, 0.717) is 13.0 Å². The molecule has 0 bridgehead atoms. The fraction of sp³-hybridized carbons (Fsp3) is 0.500. The van der Waals surface area contributed by atoms with Crippen molar-refractivity contribution in [2.45, 2.75) is 36.6 Å². The fourth-order valence-corrected chi connectivity index (χ4v) is 4.09. The molecule has 1 aromatic rings. The van der Waals surface area contributed by atoms with Crippen LogP contribution in [0.2, 0.25) is 0 Å². The van der Waals surface area contributed by atoms with Crippen molar-refractivity contribution >= 4 is 10.0 Å². The molecule has 0 amide bonds. The number of nitriles is 1. The molecule has 7 heteroatoms. The number of sulfonamides is 1. The molecule has 1 saturated carbocycles. The number of nitrogens with zero attached hydrogens (tertiary/aromatic N) is 1. The average Bonchev–Trinajstić information content (AvgIpc) is 2.47. The van der Waals surface area contributed by atoms with Gasteiger partial charge in [-0.25, -0.2) is 17.5 Å². The maximum absolute atomic E-state index is 13.9. The Labute approximate surface area is 124 Å². The van der Waals surface area contributed by atoms with Gasteiger partial charge in [-0.3, -0.25) is 0 Å².